The Morgan fingerprint density at radius 2 is 1.53 bits per heavy atom. The van der Waals surface area contributed by atoms with Crippen LogP contribution in [0.2, 0.25) is 5.02 Å². The quantitative estimate of drug-likeness (QED) is 0.121. The van der Waals surface area contributed by atoms with Gasteiger partial charge in [-0.15, -0.1) is 13.2 Å². The van der Waals surface area contributed by atoms with Gasteiger partial charge >= 0.3 is 18.4 Å². The summed E-state index contributed by atoms with van der Waals surface area (Å²) in [5.41, 5.74) is 11.8. The molecule has 1 saturated carbocycles. The number of amides is 5. The van der Waals surface area contributed by atoms with Crippen LogP contribution < -0.4 is 37.1 Å². The normalized spacial score (nSPS) is 14.8. The molecule has 1 aliphatic carbocycles. The highest BCUT2D eigenvalue weighted by Gasteiger charge is 2.35. The van der Waals surface area contributed by atoms with E-state index >= 15 is 0 Å². The van der Waals surface area contributed by atoms with Crippen LogP contribution >= 0.6 is 23.4 Å². The summed E-state index contributed by atoms with van der Waals surface area (Å²) in [5.74, 6) is 0.246. The Morgan fingerprint density at radius 1 is 0.930 bits per heavy atom. The van der Waals surface area contributed by atoms with Crippen molar-refractivity contribution in [3.63, 3.8) is 0 Å². The second kappa shape index (κ2) is 19.4. The number of nitrogens with zero attached hydrogens (tertiary/aromatic N) is 6. The molecule has 304 valence electrons. The van der Waals surface area contributed by atoms with E-state index in [1.807, 2.05) is 65.0 Å². The van der Waals surface area contributed by atoms with Crippen LogP contribution in [0.25, 0.3) is 0 Å². The highest BCUT2D eigenvalue weighted by molar-refractivity contribution is 8.14. The summed E-state index contributed by atoms with van der Waals surface area (Å²) in [4.78, 5) is 56.1. The summed E-state index contributed by atoms with van der Waals surface area (Å²) in [6.45, 7) is 10.2. The number of urea groups is 2. The number of nitrogens with two attached hydrogens (primary N) is 2. The number of alkyl halides is 3. The number of carbonyl (C=O) groups excluding carboxylic acids is 3. The van der Waals surface area contributed by atoms with E-state index in [0.29, 0.717) is 17.9 Å². The maximum Gasteiger partial charge on any atom is 0.573 e. The third-order valence-electron chi connectivity index (χ3n) is 7.25. The first-order valence-corrected chi connectivity index (χ1v) is 18.8. The molecule has 0 radical (unpaired) electrons. The number of carbonyl (C=O) groups is 3. The van der Waals surface area contributed by atoms with E-state index in [9.17, 15) is 27.6 Å². The Kier molecular flexibility index (Phi) is 14.9. The number of benzene rings is 3. The number of nitrogens with one attached hydrogen (secondary N) is 3. The highest BCUT2D eigenvalue weighted by Crippen LogP contribution is 2.29. The number of amidine groups is 1. The second-order valence-electron chi connectivity index (χ2n) is 13.6. The Morgan fingerprint density at radius 3 is 2.07 bits per heavy atom. The Bertz CT molecular complexity index is 2010. The minimum absolute atomic E-state index is 0.00190. The number of aromatic nitrogens is 3. The first-order chi connectivity index (χ1) is 26.8. The lowest BCUT2D eigenvalue weighted by Crippen LogP contribution is -2.53. The van der Waals surface area contributed by atoms with Gasteiger partial charge in [0.25, 0.3) is 5.91 Å². The van der Waals surface area contributed by atoms with Gasteiger partial charge in [0.05, 0.1) is 22.0 Å². The van der Waals surface area contributed by atoms with E-state index in [0.717, 1.165) is 35.8 Å². The van der Waals surface area contributed by atoms with Gasteiger partial charge in [0.2, 0.25) is 17.8 Å². The summed E-state index contributed by atoms with van der Waals surface area (Å²) in [7, 11) is 0. The molecular formula is C37H43ClF3N11O4S. The van der Waals surface area contributed by atoms with Crippen LogP contribution in [0.1, 0.15) is 57.8 Å². The van der Waals surface area contributed by atoms with Crippen molar-refractivity contribution in [2.24, 2.45) is 4.99 Å². The Hall–Kier alpha value is -5.82. The molecule has 0 atom stereocenters. The fraction of sp³-hybridized carbons (Fsp3) is 0.324. The molecular weight excluding hydrogens is 787 g/mol. The maximum absolute atomic E-state index is 12.8. The largest absolute Gasteiger partial charge is 0.573 e. The number of ether oxygens (including phenoxy) is 1. The van der Waals surface area contributed by atoms with Crippen molar-refractivity contribution in [2.45, 2.75) is 71.4 Å². The first kappa shape index (κ1) is 43.9. The molecule has 1 aliphatic heterocycles. The number of nitrogen functional groups attached to an aromatic ring is 2. The van der Waals surface area contributed by atoms with Crippen molar-refractivity contribution in [3.05, 3.63) is 89.4 Å². The highest BCUT2D eigenvalue weighted by atomic mass is 35.5. The van der Waals surface area contributed by atoms with Crippen LogP contribution in [-0.4, -0.2) is 72.9 Å². The van der Waals surface area contributed by atoms with E-state index in [1.54, 1.807) is 33.7 Å². The molecule has 0 bridgehead atoms. The number of para-hydroxylation sites is 1. The summed E-state index contributed by atoms with van der Waals surface area (Å²) >= 11 is 7.45. The lowest BCUT2D eigenvalue weighted by molar-refractivity contribution is -0.274. The SMILES string of the molecule is CC(C)N1C(=O)N(c2ccccc2)CS/C1=N\C(C)(C)C.Nc1nc(N)nc(NC2CC2)n1.O=C(NC(=O)c1ccccc1Cl)Nc1ccc(OC(F)(F)F)cc1. The van der Waals surface area contributed by atoms with Crippen LogP contribution in [-0.2, 0) is 0 Å². The molecule has 2 aliphatic rings. The lowest BCUT2D eigenvalue weighted by Gasteiger charge is -2.38. The van der Waals surface area contributed by atoms with Crippen molar-refractivity contribution in [2.75, 3.05) is 32.9 Å². The van der Waals surface area contributed by atoms with Gasteiger partial charge < -0.3 is 26.8 Å². The Balaban J connectivity index is 0.000000199. The number of aliphatic imine (C=N–C) groups is 1. The monoisotopic (exact) mass is 829 g/mol. The van der Waals surface area contributed by atoms with Gasteiger partial charge in [-0.1, -0.05) is 53.7 Å². The van der Waals surface area contributed by atoms with Gasteiger partial charge in [0.1, 0.15) is 5.75 Å². The van der Waals surface area contributed by atoms with Crippen LogP contribution in [0, 0.1) is 0 Å². The number of imide groups is 1. The molecule has 57 heavy (non-hydrogen) atoms. The molecule has 15 nitrogen and oxygen atoms in total. The van der Waals surface area contributed by atoms with Crippen molar-refractivity contribution in [1.29, 1.82) is 0 Å². The number of anilines is 5. The van der Waals surface area contributed by atoms with E-state index in [1.165, 1.54) is 24.3 Å². The molecule has 7 N–H and O–H groups in total. The number of hydrogen-bond donors (Lipinski definition) is 5. The lowest BCUT2D eigenvalue weighted by atomic mass is 10.1. The topological polar surface area (TPSA) is 206 Å². The van der Waals surface area contributed by atoms with Crippen LogP contribution in [0.4, 0.5) is 52.0 Å². The average Bonchev–Trinajstić information content (AvgIpc) is 3.92. The van der Waals surface area contributed by atoms with Crippen molar-refractivity contribution in [1.82, 2.24) is 25.2 Å². The molecule has 1 saturated heterocycles. The first-order valence-electron chi connectivity index (χ1n) is 17.4. The van der Waals surface area contributed by atoms with Crippen LogP contribution in [0.15, 0.2) is 83.9 Å². The summed E-state index contributed by atoms with van der Waals surface area (Å²) < 4.78 is 39.8. The van der Waals surface area contributed by atoms with Gasteiger partial charge in [0.15, 0.2) is 5.17 Å². The third-order valence-corrected chi connectivity index (χ3v) is 8.52. The summed E-state index contributed by atoms with van der Waals surface area (Å²) in [6, 6.07) is 20.1. The molecule has 6 rings (SSSR count). The van der Waals surface area contributed by atoms with E-state index < -0.39 is 24.1 Å². The van der Waals surface area contributed by atoms with E-state index in [4.69, 9.17) is 28.1 Å². The molecule has 0 spiro atoms. The zero-order valence-electron chi connectivity index (χ0n) is 31.7. The summed E-state index contributed by atoms with van der Waals surface area (Å²) in [5, 5.41) is 8.42. The molecule has 3 aromatic carbocycles. The smallest absolute Gasteiger partial charge is 0.406 e. The minimum atomic E-state index is -4.80. The number of hydrogen-bond acceptors (Lipinski definition) is 12. The molecule has 5 amide bonds. The minimum Gasteiger partial charge on any atom is -0.406 e. The van der Waals surface area contributed by atoms with E-state index in [-0.39, 0.29) is 45.8 Å². The van der Waals surface area contributed by atoms with Gasteiger partial charge in [-0.2, -0.15) is 15.0 Å². The zero-order chi connectivity index (χ0) is 41.9. The number of thioether (sulfide) groups is 1. The summed E-state index contributed by atoms with van der Waals surface area (Å²) in [6.07, 6.45) is -2.48. The van der Waals surface area contributed by atoms with Crippen LogP contribution in [0.5, 0.6) is 5.75 Å². The molecule has 1 aromatic heterocycles. The van der Waals surface area contributed by atoms with Crippen LogP contribution in [0.3, 0.4) is 0 Å². The Labute approximate surface area is 336 Å². The number of rotatable bonds is 7. The molecule has 2 heterocycles. The predicted molar refractivity (Wildman–Crippen MR) is 217 cm³/mol. The van der Waals surface area contributed by atoms with Crippen molar-refractivity contribution < 1.29 is 32.3 Å². The number of halogens is 4. The third kappa shape index (κ3) is 14.6. The fourth-order valence-corrected chi connectivity index (χ4v) is 6.16. The van der Waals surface area contributed by atoms with Gasteiger partial charge in [-0.3, -0.25) is 24.9 Å². The average molecular weight is 830 g/mol. The zero-order valence-corrected chi connectivity index (χ0v) is 33.2. The van der Waals surface area contributed by atoms with Crippen molar-refractivity contribution in [3.8, 4) is 5.75 Å². The van der Waals surface area contributed by atoms with Gasteiger partial charge in [-0.05, 0) is 96.0 Å². The second-order valence-corrected chi connectivity index (χ2v) is 14.9. The molecule has 0 unspecified atom stereocenters. The predicted octanol–water partition coefficient (Wildman–Crippen LogP) is 7.99. The fourth-order valence-electron chi connectivity index (χ4n) is 4.67. The van der Waals surface area contributed by atoms with Gasteiger partial charge in [-0.25, -0.2) is 9.59 Å². The maximum atomic E-state index is 12.8. The molecule has 20 heteroatoms. The van der Waals surface area contributed by atoms with E-state index in [2.05, 4.69) is 35.6 Å². The van der Waals surface area contributed by atoms with Crippen molar-refractivity contribution >= 4 is 75.7 Å². The standard InChI is InChI=1S/C16H23N3OS.C15H10ClF3N2O3.C6H10N6/c1-12(2)19-14(17-16(3,4)5)21-11-18(15(19)20)13-9-7-6-8-10-13;16-12-4-2-1-3-11(12)13(22)21-14(23)20-9-5-7-10(8-6-9)24-15(17,18)19;7-4-10-5(8)12-6(11-4)9-3-1-2-3/h6-10,12H,11H2,1-5H3;1-8H,(H2,20,21,22,23);3H,1-2H2,(H5,7,8,9,10,11,12)/b17-14-;;. The molecule has 4 aromatic rings. The van der Waals surface area contributed by atoms with Gasteiger partial charge in [0, 0.05) is 23.5 Å². The molecule has 2 fully saturated rings.